The molecule has 51 heavy (non-hydrogen) atoms. The average Bonchev–Trinajstić information content (AvgIpc) is 3.15. The largest absolute Gasteiger partial charge is 0.494 e. The normalized spacial score (nSPS) is 10.7. The van der Waals surface area contributed by atoms with E-state index in [1.807, 2.05) is 36.4 Å². The first kappa shape index (κ1) is 36.3. The molecule has 0 unspecified atom stereocenters. The van der Waals surface area contributed by atoms with Crippen molar-refractivity contribution < 1.29 is 47.5 Å². The van der Waals surface area contributed by atoms with Gasteiger partial charge < -0.3 is 37.9 Å². The van der Waals surface area contributed by atoms with Crippen LogP contribution in [-0.2, 0) is 14.3 Å². The van der Waals surface area contributed by atoms with Gasteiger partial charge in [-0.2, -0.15) is 0 Å². The van der Waals surface area contributed by atoms with E-state index in [1.165, 1.54) is 13.4 Å². The van der Waals surface area contributed by atoms with Gasteiger partial charge in [-0.15, -0.1) is 0 Å². The molecule has 0 saturated carbocycles. The van der Waals surface area contributed by atoms with E-state index in [9.17, 15) is 9.59 Å². The minimum absolute atomic E-state index is 0.0463. The van der Waals surface area contributed by atoms with Gasteiger partial charge in [0.1, 0.15) is 23.0 Å². The lowest BCUT2D eigenvalue weighted by atomic mass is 10.1. The molecule has 0 atom stereocenters. The van der Waals surface area contributed by atoms with E-state index in [-0.39, 0.29) is 19.3 Å². The Morgan fingerprint density at radius 3 is 1.86 bits per heavy atom. The zero-order chi connectivity index (χ0) is 35.8. The fraction of sp³-hybridized carbons (Fsp3) is 0.220. The number of carbonyl (C=O) groups excluding carboxylic acids is 2. The maximum absolute atomic E-state index is 13.0. The Bertz CT molecular complexity index is 1970. The summed E-state index contributed by atoms with van der Waals surface area (Å²) in [6.07, 6.45) is 6.57. The minimum Gasteiger partial charge on any atom is -0.494 e. The third kappa shape index (κ3) is 10.7. The molecule has 0 aliphatic carbocycles. The first-order valence-corrected chi connectivity index (χ1v) is 16.5. The van der Waals surface area contributed by atoms with Crippen LogP contribution in [0.15, 0.2) is 116 Å². The topological polar surface area (TPSA) is 108 Å². The van der Waals surface area contributed by atoms with Crippen LogP contribution in [0, 0.1) is 0 Å². The number of hydrogen-bond donors (Lipinski definition) is 0. The SMILES string of the molecule is C=COCOCCCCCCOc1ccc2cc(OCOc3ccc(OC(=O)c4ccc5cc(OC(=O)C=C)ccc5c4)c(OC)c3)ccc2c1. The Labute approximate surface area is 296 Å². The number of esters is 2. The molecule has 0 aliphatic heterocycles. The first-order valence-electron chi connectivity index (χ1n) is 16.5. The van der Waals surface area contributed by atoms with E-state index in [1.54, 1.807) is 54.6 Å². The summed E-state index contributed by atoms with van der Waals surface area (Å²) in [5.74, 6) is 1.77. The number of carbonyl (C=O) groups is 2. The van der Waals surface area contributed by atoms with Crippen LogP contribution in [0.1, 0.15) is 36.0 Å². The predicted molar refractivity (Wildman–Crippen MR) is 194 cm³/mol. The van der Waals surface area contributed by atoms with Gasteiger partial charge in [0.05, 0.1) is 32.1 Å². The Kier molecular flexibility index (Phi) is 13.3. The van der Waals surface area contributed by atoms with E-state index in [2.05, 4.69) is 13.2 Å². The summed E-state index contributed by atoms with van der Waals surface area (Å²) in [5, 5.41) is 3.62. The maximum atomic E-state index is 13.0. The van der Waals surface area contributed by atoms with Crippen LogP contribution in [0.5, 0.6) is 34.5 Å². The number of hydrogen-bond acceptors (Lipinski definition) is 10. The number of methoxy groups -OCH3 is 1. The molecule has 0 saturated heterocycles. The summed E-state index contributed by atoms with van der Waals surface area (Å²) in [4.78, 5) is 24.5. The molecule has 0 radical (unpaired) electrons. The molecule has 5 rings (SSSR count). The number of unbranched alkanes of at least 4 members (excludes halogenated alkanes) is 3. The van der Waals surface area contributed by atoms with Crippen LogP contribution in [0.25, 0.3) is 21.5 Å². The average molecular weight is 693 g/mol. The fourth-order valence-electron chi connectivity index (χ4n) is 5.10. The Morgan fingerprint density at radius 2 is 1.18 bits per heavy atom. The van der Waals surface area contributed by atoms with Crippen molar-refractivity contribution in [1.82, 2.24) is 0 Å². The molecule has 5 aromatic rings. The van der Waals surface area contributed by atoms with Gasteiger partial charge in [-0.05, 0) is 101 Å². The second-order valence-electron chi connectivity index (χ2n) is 11.3. The molecule has 0 fully saturated rings. The summed E-state index contributed by atoms with van der Waals surface area (Å²) in [5.41, 5.74) is 0.341. The molecule has 0 heterocycles. The van der Waals surface area contributed by atoms with E-state index < -0.39 is 11.9 Å². The van der Waals surface area contributed by atoms with Gasteiger partial charge in [0.25, 0.3) is 0 Å². The van der Waals surface area contributed by atoms with Crippen LogP contribution in [0.3, 0.4) is 0 Å². The highest BCUT2D eigenvalue weighted by molar-refractivity contribution is 5.97. The van der Waals surface area contributed by atoms with Gasteiger partial charge >= 0.3 is 11.9 Å². The van der Waals surface area contributed by atoms with Crippen molar-refractivity contribution in [2.45, 2.75) is 25.7 Å². The molecule has 0 amide bonds. The first-order chi connectivity index (χ1) is 24.9. The van der Waals surface area contributed by atoms with Crippen LogP contribution >= 0.6 is 0 Å². The minimum atomic E-state index is -0.562. The molecule has 5 aromatic carbocycles. The van der Waals surface area contributed by atoms with Gasteiger partial charge in [0, 0.05) is 12.1 Å². The van der Waals surface area contributed by atoms with Gasteiger partial charge in [-0.25, -0.2) is 9.59 Å². The van der Waals surface area contributed by atoms with E-state index >= 15 is 0 Å². The number of benzene rings is 5. The molecule has 10 heteroatoms. The summed E-state index contributed by atoms with van der Waals surface area (Å²) >= 11 is 0. The lowest BCUT2D eigenvalue weighted by molar-refractivity contribution is -0.128. The summed E-state index contributed by atoms with van der Waals surface area (Å²) < 4.78 is 44.1. The van der Waals surface area contributed by atoms with Crippen molar-refractivity contribution in [2.24, 2.45) is 0 Å². The highest BCUT2D eigenvalue weighted by atomic mass is 16.7. The summed E-state index contributed by atoms with van der Waals surface area (Å²) in [6, 6.07) is 26.8. The summed E-state index contributed by atoms with van der Waals surface area (Å²) in [7, 11) is 1.48. The standard InChI is InChI=1S/C41H40O10/c1-4-40(42)50-37-17-14-29-22-33(11-10-30(29)25-37)41(43)51-38-19-18-36(26-39(38)44-3)49-28-48-35-16-13-31-23-34(15-12-32(31)24-35)47-21-9-7-6-8-20-46-27-45-5-2/h4-5,10-19,22-26H,1-2,6-9,20-21,27-28H2,3H3. The predicted octanol–water partition coefficient (Wildman–Crippen LogP) is 8.80. The molecule has 10 nitrogen and oxygen atoms in total. The molecule has 264 valence electrons. The quantitative estimate of drug-likeness (QED) is 0.0196. The lowest BCUT2D eigenvalue weighted by Gasteiger charge is -2.13. The molecule has 0 spiro atoms. The van der Waals surface area contributed by atoms with Crippen molar-refractivity contribution in [3.8, 4) is 34.5 Å². The molecule has 0 aliphatic rings. The van der Waals surface area contributed by atoms with Crippen molar-refractivity contribution in [3.63, 3.8) is 0 Å². The third-order valence-electron chi connectivity index (χ3n) is 7.73. The number of rotatable bonds is 20. The van der Waals surface area contributed by atoms with Crippen molar-refractivity contribution >= 4 is 33.5 Å². The molecule has 0 aromatic heterocycles. The van der Waals surface area contributed by atoms with E-state index in [0.717, 1.165) is 59.1 Å². The van der Waals surface area contributed by atoms with Gasteiger partial charge in [0.15, 0.2) is 18.3 Å². The van der Waals surface area contributed by atoms with Crippen LogP contribution in [0.2, 0.25) is 0 Å². The van der Waals surface area contributed by atoms with E-state index in [0.29, 0.717) is 41.8 Å². The van der Waals surface area contributed by atoms with E-state index in [4.69, 9.17) is 37.9 Å². The fourth-order valence-corrected chi connectivity index (χ4v) is 5.10. The zero-order valence-corrected chi connectivity index (χ0v) is 28.5. The number of fused-ring (bicyclic) bond motifs is 2. The third-order valence-corrected chi connectivity index (χ3v) is 7.73. The maximum Gasteiger partial charge on any atom is 0.343 e. The zero-order valence-electron chi connectivity index (χ0n) is 28.5. The van der Waals surface area contributed by atoms with Crippen LogP contribution < -0.4 is 28.4 Å². The Balaban J connectivity index is 1.08. The molecular formula is C41H40O10. The highest BCUT2D eigenvalue weighted by Crippen LogP contribution is 2.33. The van der Waals surface area contributed by atoms with Gasteiger partial charge in [0.2, 0.25) is 6.79 Å². The highest BCUT2D eigenvalue weighted by Gasteiger charge is 2.15. The van der Waals surface area contributed by atoms with Gasteiger partial charge in [-0.1, -0.05) is 43.8 Å². The second kappa shape index (κ2) is 18.7. The molecule has 0 bridgehead atoms. The molecular weight excluding hydrogens is 652 g/mol. The Morgan fingerprint density at radius 1 is 0.588 bits per heavy atom. The smallest absolute Gasteiger partial charge is 0.343 e. The Hall–Kier alpha value is -6.00. The van der Waals surface area contributed by atoms with Crippen molar-refractivity contribution in [1.29, 1.82) is 0 Å². The monoisotopic (exact) mass is 692 g/mol. The van der Waals surface area contributed by atoms with Crippen LogP contribution in [-0.4, -0.2) is 45.8 Å². The van der Waals surface area contributed by atoms with Gasteiger partial charge in [-0.3, -0.25) is 0 Å². The number of ether oxygens (including phenoxy) is 8. The summed E-state index contributed by atoms with van der Waals surface area (Å²) in [6.45, 7) is 8.41. The molecule has 0 N–H and O–H groups in total. The second-order valence-corrected chi connectivity index (χ2v) is 11.3. The van der Waals surface area contributed by atoms with Crippen molar-refractivity contribution in [3.05, 3.63) is 122 Å². The van der Waals surface area contributed by atoms with Crippen LogP contribution in [0.4, 0.5) is 0 Å². The van der Waals surface area contributed by atoms with Crippen molar-refractivity contribution in [2.75, 3.05) is 33.9 Å². The lowest BCUT2D eigenvalue weighted by Crippen LogP contribution is -2.10.